The molecule has 2 heterocycles. The van der Waals surface area contributed by atoms with Gasteiger partial charge >= 0.3 is 0 Å². The smallest absolute Gasteiger partial charge is 0.227 e. The van der Waals surface area contributed by atoms with Crippen molar-refractivity contribution in [1.82, 2.24) is 9.80 Å². The van der Waals surface area contributed by atoms with Gasteiger partial charge in [0, 0.05) is 19.1 Å². The van der Waals surface area contributed by atoms with Crippen molar-refractivity contribution in [3.8, 4) is 0 Å². The predicted molar refractivity (Wildman–Crippen MR) is 90.6 cm³/mol. The third kappa shape index (κ3) is 3.76. The maximum atomic E-state index is 12.6. The van der Waals surface area contributed by atoms with E-state index in [-0.39, 0.29) is 5.91 Å². The van der Waals surface area contributed by atoms with E-state index in [1.807, 2.05) is 6.07 Å². The molecule has 5 heteroatoms. The molecule has 2 aliphatic heterocycles. The summed E-state index contributed by atoms with van der Waals surface area (Å²) in [5.74, 6) is 0.208. The minimum absolute atomic E-state index is 0.208. The highest BCUT2D eigenvalue weighted by atomic mass is 35.5. The van der Waals surface area contributed by atoms with E-state index in [1.54, 1.807) is 12.1 Å². The highest BCUT2D eigenvalue weighted by Gasteiger charge is 2.30. The van der Waals surface area contributed by atoms with Gasteiger partial charge in [0.1, 0.15) is 0 Å². The van der Waals surface area contributed by atoms with Gasteiger partial charge in [0.2, 0.25) is 5.91 Å². The molecular weight excluding hydrogens is 319 g/mol. The summed E-state index contributed by atoms with van der Waals surface area (Å²) in [6, 6.07) is 5.83. The average molecular weight is 341 g/mol. The second-order valence-electron chi connectivity index (χ2n) is 6.32. The lowest BCUT2D eigenvalue weighted by Gasteiger charge is -2.28. The molecule has 2 fully saturated rings. The number of benzene rings is 1. The van der Waals surface area contributed by atoms with Gasteiger partial charge in [-0.3, -0.25) is 4.79 Å². The van der Waals surface area contributed by atoms with Crippen LogP contribution in [0.3, 0.4) is 0 Å². The summed E-state index contributed by atoms with van der Waals surface area (Å²) < 4.78 is 0. The number of hydrogen-bond acceptors (Lipinski definition) is 2. The van der Waals surface area contributed by atoms with E-state index < -0.39 is 0 Å². The predicted octanol–water partition coefficient (Wildman–Crippen LogP) is 3.62. The van der Waals surface area contributed by atoms with Crippen molar-refractivity contribution in [2.75, 3.05) is 26.2 Å². The maximum absolute atomic E-state index is 12.6. The Kier molecular flexibility index (Phi) is 5.27. The SMILES string of the molecule is O=C(Cc1ccc(Cl)c(Cl)c1)N1CCC[C@H]1CN1CCCC1. The zero-order valence-corrected chi connectivity index (χ0v) is 14.2. The molecule has 1 aromatic rings. The molecule has 2 saturated heterocycles. The fourth-order valence-corrected chi connectivity index (χ4v) is 3.86. The standard InChI is InChI=1S/C17H22Cl2N2O/c18-15-6-5-13(10-16(15)19)11-17(22)21-9-3-4-14(21)12-20-7-1-2-8-20/h5-6,10,14H,1-4,7-9,11-12H2/t14-/m0/s1. The molecule has 0 bridgehead atoms. The van der Waals surface area contributed by atoms with Crippen molar-refractivity contribution < 1.29 is 4.79 Å². The molecule has 3 rings (SSSR count). The summed E-state index contributed by atoms with van der Waals surface area (Å²) in [4.78, 5) is 17.2. The van der Waals surface area contributed by atoms with Crippen molar-refractivity contribution in [3.63, 3.8) is 0 Å². The normalized spacial score (nSPS) is 22.5. The number of nitrogens with zero attached hydrogens (tertiary/aromatic N) is 2. The highest BCUT2D eigenvalue weighted by Crippen LogP contribution is 2.25. The molecule has 0 aromatic heterocycles. The number of likely N-dealkylation sites (tertiary alicyclic amines) is 2. The lowest BCUT2D eigenvalue weighted by molar-refractivity contribution is -0.131. The van der Waals surface area contributed by atoms with Crippen molar-refractivity contribution in [3.05, 3.63) is 33.8 Å². The van der Waals surface area contributed by atoms with Crippen LogP contribution >= 0.6 is 23.2 Å². The molecule has 0 radical (unpaired) electrons. The van der Waals surface area contributed by atoms with Crippen LogP contribution in [0.5, 0.6) is 0 Å². The number of carbonyl (C=O) groups is 1. The Labute approximate surface area is 142 Å². The molecule has 0 unspecified atom stereocenters. The van der Waals surface area contributed by atoms with Gasteiger partial charge in [0.05, 0.1) is 16.5 Å². The molecule has 1 aromatic carbocycles. The van der Waals surface area contributed by atoms with E-state index in [0.29, 0.717) is 22.5 Å². The van der Waals surface area contributed by atoms with Crippen LogP contribution in [0.2, 0.25) is 10.0 Å². The van der Waals surface area contributed by atoms with Gasteiger partial charge in [-0.05, 0) is 56.5 Å². The van der Waals surface area contributed by atoms with Crippen LogP contribution in [0.25, 0.3) is 0 Å². The molecule has 0 saturated carbocycles. The Morgan fingerprint density at radius 1 is 1.09 bits per heavy atom. The van der Waals surface area contributed by atoms with Crippen LogP contribution in [0.15, 0.2) is 18.2 Å². The summed E-state index contributed by atoms with van der Waals surface area (Å²) in [5, 5.41) is 1.05. The molecule has 1 atom stereocenters. The van der Waals surface area contributed by atoms with Crippen LogP contribution in [0, 0.1) is 0 Å². The number of rotatable bonds is 4. The molecule has 2 aliphatic rings. The maximum Gasteiger partial charge on any atom is 0.227 e. The number of halogens is 2. The van der Waals surface area contributed by atoms with Gasteiger partial charge < -0.3 is 9.80 Å². The van der Waals surface area contributed by atoms with Crippen LogP contribution in [-0.2, 0) is 11.2 Å². The lowest BCUT2D eigenvalue weighted by Crippen LogP contribution is -2.43. The first-order chi connectivity index (χ1) is 10.6. The molecule has 120 valence electrons. The van der Waals surface area contributed by atoms with Gasteiger partial charge in [0.25, 0.3) is 0 Å². The average Bonchev–Trinajstić information content (AvgIpc) is 3.15. The largest absolute Gasteiger partial charge is 0.338 e. The van der Waals surface area contributed by atoms with Gasteiger partial charge in [-0.25, -0.2) is 0 Å². The third-order valence-electron chi connectivity index (χ3n) is 4.70. The van der Waals surface area contributed by atoms with Crippen molar-refractivity contribution in [2.24, 2.45) is 0 Å². The first-order valence-corrected chi connectivity index (χ1v) is 8.85. The summed E-state index contributed by atoms with van der Waals surface area (Å²) >= 11 is 12.0. The van der Waals surface area contributed by atoms with Crippen LogP contribution in [0.4, 0.5) is 0 Å². The number of amides is 1. The topological polar surface area (TPSA) is 23.6 Å². The monoisotopic (exact) mass is 340 g/mol. The quantitative estimate of drug-likeness (QED) is 0.835. The third-order valence-corrected chi connectivity index (χ3v) is 5.44. The molecule has 0 spiro atoms. The summed E-state index contributed by atoms with van der Waals surface area (Å²) in [6.45, 7) is 4.29. The Morgan fingerprint density at radius 2 is 1.86 bits per heavy atom. The van der Waals surface area contributed by atoms with Gasteiger partial charge in [-0.1, -0.05) is 29.3 Å². The van der Waals surface area contributed by atoms with Gasteiger partial charge in [0.15, 0.2) is 0 Å². The first kappa shape index (κ1) is 16.1. The molecule has 3 nitrogen and oxygen atoms in total. The number of carbonyl (C=O) groups excluding carboxylic acids is 1. The first-order valence-electron chi connectivity index (χ1n) is 8.09. The second kappa shape index (κ2) is 7.20. The van der Waals surface area contributed by atoms with E-state index in [2.05, 4.69) is 9.80 Å². The number of hydrogen-bond donors (Lipinski definition) is 0. The zero-order chi connectivity index (χ0) is 15.5. The van der Waals surface area contributed by atoms with Gasteiger partial charge in [-0.15, -0.1) is 0 Å². The lowest BCUT2D eigenvalue weighted by atomic mass is 10.1. The van der Waals surface area contributed by atoms with Crippen molar-refractivity contribution in [1.29, 1.82) is 0 Å². The van der Waals surface area contributed by atoms with Crippen molar-refractivity contribution in [2.45, 2.75) is 38.1 Å². The van der Waals surface area contributed by atoms with Crippen LogP contribution < -0.4 is 0 Å². The zero-order valence-electron chi connectivity index (χ0n) is 12.7. The van der Waals surface area contributed by atoms with E-state index in [1.165, 1.54) is 25.9 Å². The molecule has 22 heavy (non-hydrogen) atoms. The van der Waals surface area contributed by atoms with E-state index in [9.17, 15) is 4.79 Å². The van der Waals surface area contributed by atoms with Gasteiger partial charge in [-0.2, -0.15) is 0 Å². The second-order valence-corrected chi connectivity index (χ2v) is 7.13. The Hall–Kier alpha value is -0.770. The Balaban J connectivity index is 1.61. The summed E-state index contributed by atoms with van der Waals surface area (Å²) in [7, 11) is 0. The van der Waals surface area contributed by atoms with Crippen LogP contribution in [-0.4, -0.2) is 47.9 Å². The molecule has 0 aliphatic carbocycles. The van der Waals surface area contributed by atoms with Crippen LogP contribution in [0.1, 0.15) is 31.2 Å². The van der Waals surface area contributed by atoms with E-state index >= 15 is 0 Å². The van der Waals surface area contributed by atoms with Crippen molar-refractivity contribution >= 4 is 29.1 Å². The minimum atomic E-state index is 0.208. The fraction of sp³-hybridized carbons (Fsp3) is 0.588. The Bertz CT molecular complexity index is 543. The Morgan fingerprint density at radius 3 is 2.59 bits per heavy atom. The molecule has 0 N–H and O–H groups in total. The molecular formula is C17H22Cl2N2O. The molecule has 1 amide bonds. The summed E-state index contributed by atoms with van der Waals surface area (Å²) in [6.07, 6.45) is 5.25. The van der Waals surface area contributed by atoms with E-state index in [4.69, 9.17) is 23.2 Å². The van der Waals surface area contributed by atoms with E-state index in [0.717, 1.165) is 31.5 Å². The summed E-state index contributed by atoms with van der Waals surface area (Å²) in [5.41, 5.74) is 0.936. The highest BCUT2D eigenvalue weighted by molar-refractivity contribution is 6.42. The fourth-order valence-electron chi connectivity index (χ4n) is 3.54. The minimum Gasteiger partial charge on any atom is -0.338 e.